The van der Waals surface area contributed by atoms with E-state index in [-0.39, 0.29) is 11.9 Å². The van der Waals surface area contributed by atoms with E-state index in [1.165, 1.54) is 23.5 Å². The minimum Gasteiger partial charge on any atom is -0.354 e. The predicted molar refractivity (Wildman–Crippen MR) is 102 cm³/mol. The van der Waals surface area contributed by atoms with E-state index in [1.54, 1.807) is 0 Å². The summed E-state index contributed by atoms with van der Waals surface area (Å²) in [6.07, 6.45) is 6.04. The number of carbonyl (C=O) groups is 1. The van der Waals surface area contributed by atoms with Crippen LogP contribution in [0.25, 0.3) is 0 Å². The molecular weight excluding hydrogens is 332 g/mol. The number of unbranched alkanes of at least 4 members (excludes halogenated alkanes) is 2. The number of benzene rings is 1. The number of carbonyl (C=O) groups excluding carboxylic acids is 1. The van der Waals surface area contributed by atoms with E-state index in [0.717, 1.165) is 56.1 Å². The van der Waals surface area contributed by atoms with Crippen LogP contribution in [0.5, 0.6) is 0 Å². The van der Waals surface area contributed by atoms with Gasteiger partial charge >= 0.3 is 0 Å². The highest BCUT2D eigenvalue weighted by Crippen LogP contribution is 2.27. The lowest BCUT2D eigenvalue weighted by Gasteiger charge is -2.22. The molecule has 3 rings (SSSR count). The van der Waals surface area contributed by atoms with Crippen LogP contribution in [0.4, 0.5) is 5.13 Å². The molecule has 5 nitrogen and oxygen atoms in total. The quantitative estimate of drug-likeness (QED) is 0.735. The molecule has 1 N–H and O–H groups in total. The van der Waals surface area contributed by atoms with Crippen molar-refractivity contribution >= 4 is 22.6 Å². The lowest BCUT2D eigenvalue weighted by atomic mass is 10.1. The first-order valence-electron chi connectivity index (χ1n) is 9.19. The van der Waals surface area contributed by atoms with Crippen LogP contribution < -0.4 is 10.2 Å². The molecule has 1 atom stereocenters. The molecule has 2 heterocycles. The Kier molecular flexibility index (Phi) is 6.39. The van der Waals surface area contributed by atoms with Crippen LogP contribution in [0.3, 0.4) is 0 Å². The Labute approximate surface area is 153 Å². The maximum atomic E-state index is 12.5. The van der Waals surface area contributed by atoms with Gasteiger partial charge in [0.1, 0.15) is 11.9 Å². The monoisotopic (exact) mass is 358 g/mol. The largest absolute Gasteiger partial charge is 0.354 e. The summed E-state index contributed by atoms with van der Waals surface area (Å²) >= 11 is 1.40. The van der Waals surface area contributed by atoms with Crippen molar-refractivity contribution in [3.05, 3.63) is 41.7 Å². The summed E-state index contributed by atoms with van der Waals surface area (Å²) in [6.45, 7) is 3.82. The average molecular weight is 359 g/mol. The second-order valence-corrected chi connectivity index (χ2v) is 7.24. The molecule has 0 spiro atoms. The van der Waals surface area contributed by atoms with Gasteiger partial charge in [-0.3, -0.25) is 4.79 Å². The zero-order valence-corrected chi connectivity index (χ0v) is 15.6. The van der Waals surface area contributed by atoms with E-state index < -0.39 is 0 Å². The van der Waals surface area contributed by atoms with Crippen molar-refractivity contribution < 1.29 is 4.79 Å². The molecule has 2 aromatic rings. The average Bonchev–Trinajstić information content (AvgIpc) is 3.28. The normalized spacial score (nSPS) is 17.0. The van der Waals surface area contributed by atoms with Crippen molar-refractivity contribution in [2.45, 2.75) is 51.5 Å². The summed E-state index contributed by atoms with van der Waals surface area (Å²) in [5, 5.41) is 3.95. The number of rotatable bonds is 8. The molecule has 0 bridgehead atoms. The number of hydrogen-bond donors (Lipinski definition) is 1. The van der Waals surface area contributed by atoms with Gasteiger partial charge in [0.15, 0.2) is 0 Å². The number of hydrogen-bond acceptors (Lipinski definition) is 5. The number of nitrogens with zero attached hydrogens (tertiary/aromatic N) is 3. The summed E-state index contributed by atoms with van der Waals surface area (Å²) in [4.78, 5) is 19.3. The molecule has 0 unspecified atom stereocenters. The van der Waals surface area contributed by atoms with Gasteiger partial charge in [-0.15, -0.1) is 0 Å². The Balaban J connectivity index is 1.59. The Morgan fingerprint density at radius 1 is 1.32 bits per heavy atom. The molecule has 0 radical (unpaired) electrons. The minimum atomic E-state index is -0.0980. The third kappa shape index (κ3) is 4.78. The van der Waals surface area contributed by atoms with Crippen LogP contribution in [0.2, 0.25) is 0 Å². The first-order chi connectivity index (χ1) is 12.3. The molecule has 1 fully saturated rings. The lowest BCUT2D eigenvalue weighted by Crippen LogP contribution is -2.43. The molecule has 1 aromatic heterocycles. The van der Waals surface area contributed by atoms with Gasteiger partial charge in [0.05, 0.1) is 0 Å². The highest BCUT2D eigenvalue weighted by Gasteiger charge is 2.32. The topological polar surface area (TPSA) is 58.1 Å². The predicted octanol–water partition coefficient (Wildman–Crippen LogP) is 3.40. The SMILES string of the molecule is CCCCCNC(=O)[C@H]1CCCN1c1nc(Cc2ccccc2)ns1. The zero-order chi connectivity index (χ0) is 17.5. The third-order valence-electron chi connectivity index (χ3n) is 4.54. The molecule has 25 heavy (non-hydrogen) atoms. The number of amides is 1. The highest BCUT2D eigenvalue weighted by molar-refractivity contribution is 7.09. The second kappa shape index (κ2) is 8.94. The minimum absolute atomic E-state index is 0.0980. The van der Waals surface area contributed by atoms with Gasteiger partial charge in [-0.05, 0) is 24.8 Å². The van der Waals surface area contributed by atoms with E-state index in [2.05, 4.69) is 38.6 Å². The molecule has 0 aliphatic carbocycles. The van der Waals surface area contributed by atoms with Crippen molar-refractivity contribution in [2.24, 2.45) is 0 Å². The maximum absolute atomic E-state index is 12.5. The Hall–Kier alpha value is -1.95. The molecule has 6 heteroatoms. The number of nitrogens with one attached hydrogen (secondary N) is 1. The number of aromatic nitrogens is 2. The molecule has 0 saturated carbocycles. The summed E-state index contributed by atoms with van der Waals surface area (Å²) in [6, 6.07) is 10.1. The second-order valence-electron chi connectivity index (χ2n) is 6.51. The summed E-state index contributed by atoms with van der Waals surface area (Å²) in [7, 11) is 0. The van der Waals surface area contributed by atoms with Gasteiger partial charge in [0.2, 0.25) is 11.0 Å². The van der Waals surface area contributed by atoms with Crippen LogP contribution in [-0.2, 0) is 11.2 Å². The van der Waals surface area contributed by atoms with Gasteiger partial charge in [-0.2, -0.15) is 4.37 Å². The van der Waals surface area contributed by atoms with Gasteiger partial charge in [0, 0.05) is 31.0 Å². The van der Waals surface area contributed by atoms with Gasteiger partial charge < -0.3 is 10.2 Å². The Morgan fingerprint density at radius 2 is 2.16 bits per heavy atom. The van der Waals surface area contributed by atoms with E-state index in [4.69, 9.17) is 0 Å². The summed E-state index contributed by atoms with van der Waals surface area (Å²) < 4.78 is 4.49. The first-order valence-corrected chi connectivity index (χ1v) is 9.96. The Morgan fingerprint density at radius 3 is 2.96 bits per heavy atom. The van der Waals surface area contributed by atoms with Gasteiger partial charge in [0.25, 0.3) is 0 Å². The van der Waals surface area contributed by atoms with Crippen molar-refractivity contribution in [2.75, 3.05) is 18.0 Å². The van der Waals surface area contributed by atoms with Gasteiger partial charge in [-0.25, -0.2) is 4.98 Å². The van der Waals surface area contributed by atoms with Crippen LogP contribution in [-0.4, -0.2) is 34.4 Å². The number of anilines is 1. The smallest absolute Gasteiger partial charge is 0.242 e. The lowest BCUT2D eigenvalue weighted by molar-refractivity contribution is -0.122. The van der Waals surface area contributed by atoms with Crippen LogP contribution in [0, 0.1) is 0 Å². The van der Waals surface area contributed by atoms with Crippen LogP contribution >= 0.6 is 11.5 Å². The standard InChI is InChI=1S/C19H26N4OS/c1-2-3-7-12-20-18(24)16-11-8-13-23(16)19-21-17(22-25-19)14-15-9-5-4-6-10-15/h4-6,9-10,16H,2-3,7-8,11-14H2,1H3,(H,20,24)/t16-/m1/s1. The van der Waals surface area contributed by atoms with Gasteiger partial charge in [-0.1, -0.05) is 50.1 Å². The molecule has 1 aromatic carbocycles. The van der Waals surface area contributed by atoms with Crippen LogP contribution in [0.15, 0.2) is 30.3 Å². The fourth-order valence-corrected chi connectivity index (χ4v) is 3.95. The molecular formula is C19H26N4OS. The van der Waals surface area contributed by atoms with Crippen molar-refractivity contribution in [1.29, 1.82) is 0 Å². The van der Waals surface area contributed by atoms with Crippen molar-refractivity contribution in [3.8, 4) is 0 Å². The third-order valence-corrected chi connectivity index (χ3v) is 5.33. The molecule has 1 aliphatic rings. The van der Waals surface area contributed by atoms with E-state index in [1.807, 2.05) is 18.2 Å². The molecule has 1 amide bonds. The van der Waals surface area contributed by atoms with E-state index in [0.29, 0.717) is 0 Å². The maximum Gasteiger partial charge on any atom is 0.242 e. The fraction of sp³-hybridized carbons (Fsp3) is 0.526. The first kappa shape index (κ1) is 17.9. The molecule has 1 saturated heterocycles. The van der Waals surface area contributed by atoms with Crippen LogP contribution in [0.1, 0.15) is 50.4 Å². The Bertz CT molecular complexity index is 673. The summed E-state index contributed by atoms with van der Waals surface area (Å²) in [5.41, 5.74) is 1.21. The fourth-order valence-electron chi connectivity index (χ4n) is 3.18. The van der Waals surface area contributed by atoms with E-state index in [9.17, 15) is 4.79 Å². The molecule has 1 aliphatic heterocycles. The summed E-state index contributed by atoms with van der Waals surface area (Å²) in [5.74, 6) is 0.966. The van der Waals surface area contributed by atoms with Crippen molar-refractivity contribution in [1.82, 2.24) is 14.7 Å². The zero-order valence-electron chi connectivity index (χ0n) is 14.8. The highest BCUT2D eigenvalue weighted by atomic mass is 32.1. The van der Waals surface area contributed by atoms with Crippen molar-refractivity contribution in [3.63, 3.8) is 0 Å². The molecule has 134 valence electrons. The van der Waals surface area contributed by atoms with E-state index >= 15 is 0 Å².